The summed E-state index contributed by atoms with van der Waals surface area (Å²) < 4.78 is 5.39. The number of nitrogens with zero attached hydrogens (tertiary/aromatic N) is 1. The van der Waals surface area contributed by atoms with E-state index in [1.165, 1.54) is 4.90 Å². The van der Waals surface area contributed by atoms with Gasteiger partial charge in [0.1, 0.15) is 17.7 Å². The smallest absolute Gasteiger partial charge is 0.408 e. The van der Waals surface area contributed by atoms with Gasteiger partial charge in [-0.25, -0.2) is 4.79 Å². The SMILES string of the molecule is CCC(C)N(C(=O)C(CCC(N)=O)NC(=O)OC(C)(C)C)C(C(=O)NCc1ccccc1)c1c(C)cccc1C. The van der Waals surface area contributed by atoms with Crippen LogP contribution in [-0.4, -0.2) is 46.4 Å². The first-order valence-corrected chi connectivity index (χ1v) is 13.7. The fourth-order valence-corrected chi connectivity index (χ4v) is 4.51. The zero-order chi connectivity index (χ0) is 30.0. The Labute approximate surface area is 237 Å². The maximum Gasteiger partial charge on any atom is 0.408 e. The van der Waals surface area contributed by atoms with Crippen molar-refractivity contribution in [3.05, 3.63) is 70.8 Å². The Hall–Kier alpha value is -3.88. The maximum absolute atomic E-state index is 14.3. The van der Waals surface area contributed by atoms with Crippen LogP contribution >= 0.6 is 0 Å². The molecule has 4 N–H and O–H groups in total. The number of nitrogens with one attached hydrogen (secondary N) is 2. The molecule has 0 radical (unpaired) electrons. The van der Waals surface area contributed by atoms with Gasteiger partial charge in [0.15, 0.2) is 0 Å². The second-order valence-electron chi connectivity index (χ2n) is 11.1. The predicted octanol–water partition coefficient (Wildman–Crippen LogP) is 4.45. The maximum atomic E-state index is 14.3. The van der Waals surface area contributed by atoms with E-state index in [4.69, 9.17) is 10.5 Å². The summed E-state index contributed by atoms with van der Waals surface area (Å²) in [5, 5.41) is 5.64. The highest BCUT2D eigenvalue weighted by Gasteiger charge is 2.39. The molecule has 0 heterocycles. The first-order chi connectivity index (χ1) is 18.7. The van der Waals surface area contributed by atoms with Gasteiger partial charge in [-0.15, -0.1) is 0 Å². The molecule has 2 aromatic rings. The van der Waals surface area contributed by atoms with Crippen LogP contribution < -0.4 is 16.4 Å². The van der Waals surface area contributed by atoms with Crippen LogP contribution in [0, 0.1) is 13.8 Å². The van der Waals surface area contributed by atoms with E-state index in [0.29, 0.717) is 12.0 Å². The molecular formula is C31H44N4O5. The minimum absolute atomic E-state index is 0.0363. The number of amides is 4. The third-order valence-electron chi connectivity index (χ3n) is 6.64. The van der Waals surface area contributed by atoms with Gasteiger partial charge in [-0.05, 0) is 76.6 Å². The number of hydrogen-bond acceptors (Lipinski definition) is 5. The number of carbonyl (C=O) groups is 4. The summed E-state index contributed by atoms with van der Waals surface area (Å²) >= 11 is 0. The van der Waals surface area contributed by atoms with Gasteiger partial charge in [0.25, 0.3) is 0 Å². The molecule has 9 nitrogen and oxygen atoms in total. The van der Waals surface area contributed by atoms with Crippen LogP contribution in [0.2, 0.25) is 0 Å². The Bertz CT molecular complexity index is 1160. The van der Waals surface area contributed by atoms with Gasteiger partial charge in [0.05, 0.1) is 0 Å². The fourth-order valence-electron chi connectivity index (χ4n) is 4.51. The third-order valence-corrected chi connectivity index (χ3v) is 6.64. The summed E-state index contributed by atoms with van der Waals surface area (Å²) in [6.45, 7) is 13.0. The molecule has 4 amide bonds. The molecule has 3 atom stereocenters. The van der Waals surface area contributed by atoms with Crippen LogP contribution in [0.3, 0.4) is 0 Å². The minimum Gasteiger partial charge on any atom is -0.444 e. The van der Waals surface area contributed by atoms with Gasteiger partial charge < -0.3 is 26.0 Å². The summed E-state index contributed by atoms with van der Waals surface area (Å²) in [6.07, 6.45) is -0.412. The molecule has 0 bridgehead atoms. The van der Waals surface area contributed by atoms with Crippen molar-refractivity contribution in [1.29, 1.82) is 0 Å². The normalized spacial score (nSPS) is 13.5. The van der Waals surface area contributed by atoms with E-state index >= 15 is 0 Å². The van der Waals surface area contributed by atoms with E-state index < -0.39 is 35.6 Å². The Kier molecular flexibility index (Phi) is 11.7. The van der Waals surface area contributed by atoms with Crippen molar-refractivity contribution >= 4 is 23.8 Å². The number of nitrogens with two attached hydrogens (primary N) is 1. The van der Waals surface area contributed by atoms with E-state index in [1.54, 1.807) is 20.8 Å². The number of alkyl carbamates (subject to hydrolysis) is 1. The number of primary amides is 1. The fraction of sp³-hybridized carbons (Fsp3) is 0.484. The lowest BCUT2D eigenvalue weighted by atomic mass is 9.92. The monoisotopic (exact) mass is 552 g/mol. The average Bonchev–Trinajstić information content (AvgIpc) is 2.87. The standard InChI is InChI=1S/C31H44N4O5/c1-8-22(4)35(29(38)24(17-18-25(32)36)34-30(39)40-31(5,6)7)27(26-20(2)13-12-14-21(26)3)28(37)33-19-23-15-10-9-11-16-23/h9-16,22,24,27H,8,17-19H2,1-7H3,(H2,32,36)(H,33,37)(H,34,39). The molecule has 0 aliphatic carbocycles. The van der Waals surface area contributed by atoms with Gasteiger partial charge in [-0.2, -0.15) is 0 Å². The Morgan fingerprint density at radius 1 is 0.975 bits per heavy atom. The lowest BCUT2D eigenvalue weighted by Crippen LogP contribution is -2.55. The zero-order valence-electron chi connectivity index (χ0n) is 24.7. The zero-order valence-corrected chi connectivity index (χ0v) is 24.7. The molecule has 0 aliphatic heterocycles. The quantitative estimate of drug-likeness (QED) is 0.358. The number of aryl methyl sites for hydroxylation is 2. The second kappa shape index (κ2) is 14.5. The van der Waals surface area contributed by atoms with E-state index in [2.05, 4.69) is 10.6 Å². The molecule has 9 heteroatoms. The Balaban J connectivity index is 2.57. The van der Waals surface area contributed by atoms with Crippen LogP contribution in [0.4, 0.5) is 4.79 Å². The van der Waals surface area contributed by atoms with Crippen LogP contribution in [0.15, 0.2) is 48.5 Å². The molecule has 218 valence electrons. The van der Waals surface area contributed by atoms with Crippen molar-refractivity contribution in [1.82, 2.24) is 15.5 Å². The summed E-state index contributed by atoms with van der Waals surface area (Å²) in [4.78, 5) is 54.2. The second-order valence-corrected chi connectivity index (χ2v) is 11.1. The molecule has 0 aromatic heterocycles. The highest BCUT2D eigenvalue weighted by Crippen LogP contribution is 2.31. The number of benzene rings is 2. The Morgan fingerprint density at radius 2 is 1.57 bits per heavy atom. The molecule has 0 spiro atoms. The predicted molar refractivity (Wildman–Crippen MR) is 155 cm³/mol. The van der Waals surface area contributed by atoms with Crippen molar-refractivity contribution in [2.24, 2.45) is 5.73 Å². The summed E-state index contributed by atoms with van der Waals surface area (Å²) in [6, 6.07) is 12.7. The molecule has 3 unspecified atom stereocenters. The number of rotatable bonds is 12. The molecule has 0 saturated carbocycles. The topological polar surface area (TPSA) is 131 Å². The molecule has 2 aromatic carbocycles. The van der Waals surface area contributed by atoms with Gasteiger partial charge >= 0.3 is 6.09 Å². The van der Waals surface area contributed by atoms with Gasteiger partial charge in [-0.1, -0.05) is 55.5 Å². The number of ether oxygens (including phenoxy) is 1. The molecule has 0 fully saturated rings. The summed E-state index contributed by atoms with van der Waals surface area (Å²) in [5.74, 6) is -1.45. The van der Waals surface area contributed by atoms with Gasteiger partial charge in [0.2, 0.25) is 17.7 Å². The van der Waals surface area contributed by atoms with E-state index in [0.717, 1.165) is 16.7 Å². The molecule has 2 rings (SSSR count). The Morgan fingerprint density at radius 3 is 2.10 bits per heavy atom. The molecular weight excluding hydrogens is 508 g/mol. The van der Waals surface area contributed by atoms with Crippen molar-refractivity contribution < 1.29 is 23.9 Å². The van der Waals surface area contributed by atoms with Crippen LogP contribution in [0.1, 0.15) is 82.2 Å². The van der Waals surface area contributed by atoms with E-state index in [-0.39, 0.29) is 31.3 Å². The van der Waals surface area contributed by atoms with Crippen molar-refractivity contribution in [3.8, 4) is 0 Å². The first-order valence-electron chi connectivity index (χ1n) is 13.7. The van der Waals surface area contributed by atoms with E-state index in [1.807, 2.05) is 76.2 Å². The van der Waals surface area contributed by atoms with Crippen LogP contribution in [0.5, 0.6) is 0 Å². The van der Waals surface area contributed by atoms with E-state index in [9.17, 15) is 19.2 Å². The highest BCUT2D eigenvalue weighted by molar-refractivity contribution is 5.93. The lowest BCUT2D eigenvalue weighted by Gasteiger charge is -2.39. The first kappa shape index (κ1) is 32.3. The third kappa shape index (κ3) is 9.39. The lowest BCUT2D eigenvalue weighted by molar-refractivity contribution is -0.145. The van der Waals surface area contributed by atoms with Crippen molar-refractivity contribution in [3.63, 3.8) is 0 Å². The summed E-state index contributed by atoms with van der Waals surface area (Å²) in [5.41, 5.74) is 7.95. The molecule has 0 saturated heterocycles. The van der Waals surface area contributed by atoms with Crippen molar-refractivity contribution in [2.75, 3.05) is 0 Å². The van der Waals surface area contributed by atoms with Crippen molar-refractivity contribution in [2.45, 2.75) is 98.0 Å². The summed E-state index contributed by atoms with van der Waals surface area (Å²) in [7, 11) is 0. The molecule has 0 aliphatic rings. The average molecular weight is 553 g/mol. The number of carbonyl (C=O) groups excluding carboxylic acids is 4. The minimum atomic E-state index is -1.13. The van der Waals surface area contributed by atoms with Crippen LogP contribution in [0.25, 0.3) is 0 Å². The van der Waals surface area contributed by atoms with Gasteiger partial charge in [-0.3, -0.25) is 14.4 Å². The van der Waals surface area contributed by atoms with Crippen LogP contribution in [-0.2, 0) is 25.7 Å². The molecule has 40 heavy (non-hydrogen) atoms. The largest absolute Gasteiger partial charge is 0.444 e. The number of hydrogen-bond donors (Lipinski definition) is 3. The highest BCUT2D eigenvalue weighted by atomic mass is 16.6. The van der Waals surface area contributed by atoms with Gasteiger partial charge in [0, 0.05) is 19.0 Å².